The van der Waals surface area contributed by atoms with Gasteiger partial charge in [0.15, 0.2) is 11.5 Å². The molecule has 0 saturated heterocycles. The number of benzene rings is 1. The van der Waals surface area contributed by atoms with Gasteiger partial charge in [0.2, 0.25) is 0 Å². The molecule has 0 amide bonds. The summed E-state index contributed by atoms with van der Waals surface area (Å²) in [5.74, 6) is 2.29. The molecule has 2 atom stereocenters. The van der Waals surface area contributed by atoms with E-state index < -0.39 is 0 Å². The van der Waals surface area contributed by atoms with Gasteiger partial charge in [-0.3, -0.25) is 0 Å². The molecular formula is C12H16O2. The largest absolute Gasteiger partial charge is 0.486 e. The highest BCUT2D eigenvalue weighted by Crippen LogP contribution is 2.32. The molecule has 0 radical (unpaired) electrons. The minimum Gasteiger partial charge on any atom is -0.486 e. The minimum atomic E-state index is 0.204. The highest BCUT2D eigenvalue weighted by atomic mass is 16.6. The van der Waals surface area contributed by atoms with Crippen molar-refractivity contribution in [2.24, 2.45) is 5.92 Å². The molecule has 1 aliphatic heterocycles. The van der Waals surface area contributed by atoms with Crippen LogP contribution >= 0.6 is 0 Å². The van der Waals surface area contributed by atoms with Crippen molar-refractivity contribution in [2.75, 3.05) is 6.61 Å². The molecule has 0 bridgehead atoms. The summed E-state index contributed by atoms with van der Waals surface area (Å²) in [5, 5.41) is 0. The molecule has 76 valence electrons. The van der Waals surface area contributed by atoms with Gasteiger partial charge in [-0.2, -0.15) is 0 Å². The van der Waals surface area contributed by atoms with Gasteiger partial charge in [-0.25, -0.2) is 0 Å². The Morgan fingerprint density at radius 1 is 1.36 bits per heavy atom. The molecule has 1 aromatic carbocycles. The molecule has 0 fully saturated rings. The maximum Gasteiger partial charge on any atom is 0.161 e. The monoisotopic (exact) mass is 192 g/mol. The van der Waals surface area contributed by atoms with Crippen molar-refractivity contribution < 1.29 is 9.47 Å². The lowest BCUT2D eigenvalue weighted by Crippen LogP contribution is -2.34. The highest BCUT2D eigenvalue weighted by Gasteiger charge is 2.24. The third-order valence-corrected chi connectivity index (χ3v) is 2.81. The van der Waals surface area contributed by atoms with Gasteiger partial charge >= 0.3 is 0 Å². The Kier molecular flexibility index (Phi) is 2.62. The Morgan fingerprint density at radius 3 is 2.79 bits per heavy atom. The van der Waals surface area contributed by atoms with Gasteiger partial charge in [0.05, 0.1) is 0 Å². The molecule has 0 saturated carbocycles. The first kappa shape index (κ1) is 9.38. The first-order chi connectivity index (χ1) is 6.81. The average Bonchev–Trinajstić information content (AvgIpc) is 2.27. The summed E-state index contributed by atoms with van der Waals surface area (Å²) in [7, 11) is 0. The zero-order valence-corrected chi connectivity index (χ0v) is 8.69. The van der Waals surface area contributed by atoms with E-state index in [4.69, 9.17) is 9.47 Å². The van der Waals surface area contributed by atoms with Crippen molar-refractivity contribution >= 4 is 0 Å². The van der Waals surface area contributed by atoms with Crippen LogP contribution in [0.3, 0.4) is 0 Å². The number of rotatable bonds is 2. The van der Waals surface area contributed by atoms with E-state index >= 15 is 0 Å². The van der Waals surface area contributed by atoms with Crippen molar-refractivity contribution in [3.63, 3.8) is 0 Å². The summed E-state index contributed by atoms with van der Waals surface area (Å²) in [4.78, 5) is 0. The Morgan fingerprint density at radius 2 is 2.07 bits per heavy atom. The lowest BCUT2D eigenvalue weighted by molar-refractivity contribution is 0.0522. The molecule has 2 heteroatoms. The summed E-state index contributed by atoms with van der Waals surface area (Å²) in [6.45, 7) is 5.04. The highest BCUT2D eigenvalue weighted by molar-refractivity contribution is 5.40. The summed E-state index contributed by atoms with van der Waals surface area (Å²) < 4.78 is 11.5. The van der Waals surface area contributed by atoms with E-state index in [1.165, 1.54) is 0 Å². The van der Waals surface area contributed by atoms with Crippen LogP contribution in [0.15, 0.2) is 24.3 Å². The van der Waals surface area contributed by atoms with Gasteiger partial charge in [-0.05, 0) is 24.5 Å². The van der Waals surface area contributed by atoms with Crippen molar-refractivity contribution in [1.29, 1.82) is 0 Å². The van der Waals surface area contributed by atoms with Crippen LogP contribution < -0.4 is 9.47 Å². The van der Waals surface area contributed by atoms with Crippen LogP contribution in [0.5, 0.6) is 11.5 Å². The van der Waals surface area contributed by atoms with Crippen LogP contribution in [0.1, 0.15) is 20.3 Å². The molecule has 1 unspecified atom stereocenters. The fourth-order valence-electron chi connectivity index (χ4n) is 1.58. The Hall–Kier alpha value is -1.18. The smallest absolute Gasteiger partial charge is 0.161 e. The molecule has 0 aromatic heterocycles. The number of fused-ring (bicyclic) bond motifs is 1. The van der Waals surface area contributed by atoms with Crippen LogP contribution in [0.2, 0.25) is 0 Å². The summed E-state index contributed by atoms with van der Waals surface area (Å²) in [5.41, 5.74) is 0. The second kappa shape index (κ2) is 3.91. The number of hydrogen-bond donors (Lipinski definition) is 0. The maximum atomic E-state index is 5.86. The molecule has 1 heterocycles. The normalized spacial score (nSPS) is 21.7. The summed E-state index contributed by atoms with van der Waals surface area (Å²) in [6, 6.07) is 7.85. The van der Waals surface area contributed by atoms with Crippen molar-refractivity contribution in [1.82, 2.24) is 0 Å². The lowest BCUT2D eigenvalue weighted by Gasteiger charge is -2.29. The van der Waals surface area contributed by atoms with Crippen molar-refractivity contribution in [3.05, 3.63) is 24.3 Å². The summed E-state index contributed by atoms with van der Waals surface area (Å²) >= 11 is 0. The first-order valence-electron chi connectivity index (χ1n) is 5.19. The number of ether oxygens (including phenoxy) is 2. The fraction of sp³-hybridized carbons (Fsp3) is 0.500. The second-order valence-corrected chi connectivity index (χ2v) is 3.80. The molecule has 14 heavy (non-hydrogen) atoms. The van der Waals surface area contributed by atoms with Gasteiger partial charge in [-0.15, -0.1) is 0 Å². The van der Waals surface area contributed by atoms with Crippen LogP contribution in [0, 0.1) is 5.92 Å². The predicted molar refractivity (Wildman–Crippen MR) is 55.8 cm³/mol. The zero-order chi connectivity index (χ0) is 9.97. The van der Waals surface area contributed by atoms with Gasteiger partial charge in [0.25, 0.3) is 0 Å². The molecular weight excluding hydrogens is 176 g/mol. The minimum absolute atomic E-state index is 0.204. The molecule has 0 spiro atoms. The van der Waals surface area contributed by atoms with E-state index in [0.717, 1.165) is 17.9 Å². The van der Waals surface area contributed by atoms with Gasteiger partial charge < -0.3 is 9.47 Å². The first-order valence-corrected chi connectivity index (χ1v) is 5.19. The number of para-hydroxylation sites is 2. The molecule has 0 aliphatic carbocycles. The topological polar surface area (TPSA) is 18.5 Å². The maximum absolute atomic E-state index is 5.86. The van der Waals surface area contributed by atoms with Crippen molar-refractivity contribution in [3.8, 4) is 11.5 Å². The molecule has 2 nitrogen and oxygen atoms in total. The molecule has 1 aromatic rings. The zero-order valence-electron chi connectivity index (χ0n) is 8.69. The lowest BCUT2D eigenvalue weighted by atomic mass is 10.0. The number of hydrogen-bond acceptors (Lipinski definition) is 2. The Bertz CT molecular complexity index is 309. The van der Waals surface area contributed by atoms with Crippen LogP contribution in [0.25, 0.3) is 0 Å². The molecule has 1 aliphatic rings. The van der Waals surface area contributed by atoms with Crippen LogP contribution in [-0.2, 0) is 0 Å². The van der Waals surface area contributed by atoms with Crippen molar-refractivity contribution in [2.45, 2.75) is 26.4 Å². The average molecular weight is 192 g/mol. The van der Waals surface area contributed by atoms with Crippen LogP contribution in [-0.4, -0.2) is 12.7 Å². The predicted octanol–water partition coefficient (Wildman–Crippen LogP) is 2.87. The Balaban J connectivity index is 2.13. The van der Waals surface area contributed by atoms with Gasteiger partial charge in [-0.1, -0.05) is 26.0 Å². The molecule has 2 rings (SSSR count). The van der Waals surface area contributed by atoms with E-state index in [2.05, 4.69) is 13.8 Å². The van der Waals surface area contributed by atoms with E-state index in [1.807, 2.05) is 24.3 Å². The second-order valence-electron chi connectivity index (χ2n) is 3.80. The quantitative estimate of drug-likeness (QED) is 0.717. The standard InChI is InChI=1S/C12H16O2/c1-3-9(2)12-8-13-10-6-4-5-7-11(10)14-12/h4-7,9,12H,3,8H2,1-2H3/t9-,12?/m1/s1. The SMILES string of the molecule is CC[C@@H](C)C1COc2ccccc2O1. The van der Waals surface area contributed by atoms with E-state index in [1.54, 1.807) is 0 Å². The fourth-order valence-corrected chi connectivity index (χ4v) is 1.58. The van der Waals surface area contributed by atoms with Gasteiger partial charge in [0.1, 0.15) is 12.7 Å². The van der Waals surface area contributed by atoms with E-state index in [9.17, 15) is 0 Å². The van der Waals surface area contributed by atoms with Gasteiger partial charge in [0, 0.05) is 0 Å². The molecule has 0 N–H and O–H groups in total. The third kappa shape index (κ3) is 1.69. The summed E-state index contributed by atoms with van der Waals surface area (Å²) in [6.07, 6.45) is 1.32. The van der Waals surface area contributed by atoms with E-state index in [-0.39, 0.29) is 6.10 Å². The van der Waals surface area contributed by atoms with Crippen LogP contribution in [0.4, 0.5) is 0 Å². The Labute approximate surface area is 84.8 Å². The third-order valence-electron chi connectivity index (χ3n) is 2.81. The van der Waals surface area contributed by atoms with E-state index in [0.29, 0.717) is 12.5 Å².